The van der Waals surface area contributed by atoms with Gasteiger partial charge in [0.25, 0.3) is 5.91 Å². The molecule has 1 aromatic heterocycles. The molecule has 1 amide bonds. The zero-order chi connectivity index (χ0) is 16.7. The van der Waals surface area contributed by atoms with Crippen LogP contribution in [0.5, 0.6) is 0 Å². The predicted molar refractivity (Wildman–Crippen MR) is 93.5 cm³/mol. The second-order valence-corrected chi connectivity index (χ2v) is 6.36. The number of benzene rings is 2. The Balaban J connectivity index is 1.64. The van der Waals surface area contributed by atoms with E-state index >= 15 is 0 Å². The van der Waals surface area contributed by atoms with Crippen molar-refractivity contribution in [2.24, 2.45) is 0 Å². The van der Waals surface area contributed by atoms with E-state index in [1.54, 1.807) is 23.1 Å². The maximum atomic E-state index is 12.8. The average molecular weight is 339 g/mol. The fourth-order valence-electron chi connectivity index (χ4n) is 2.99. The molecule has 0 spiro atoms. The Morgan fingerprint density at radius 3 is 2.92 bits per heavy atom. The lowest BCUT2D eigenvalue weighted by Gasteiger charge is -2.15. The molecule has 0 aliphatic carbocycles. The van der Waals surface area contributed by atoms with E-state index in [4.69, 9.17) is 16.1 Å². The number of amides is 1. The van der Waals surface area contributed by atoms with Crippen LogP contribution >= 0.6 is 11.6 Å². The zero-order valence-electron chi connectivity index (χ0n) is 13.1. The van der Waals surface area contributed by atoms with Gasteiger partial charge in [0.05, 0.1) is 0 Å². The largest absolute Gasteiger partial charge is 0.350 e. The predicted octanol–water partition coefficient (Wildman–Crippen LogP) is 4.51. The molecule has 2 heterocycles. The Labute approximate surface area is 144 Å². The van der Waals surface area contributed by atoms with E-state index in [2.05, 4.69) is 17.3 Å². The average Bonchev–Trinajstić information content (AvgIpc) is 3.21. The number of aromatic nitrogens is 1. The smallest absolute Gasteiger partial charge is 0.296 e. The number of hydrogen-bond donors (Lipinski definition) is 0. The monoisotopic (exact) mass is 338 g/mol. The molecule has 0 saturated heterocycles. The summed E-state index contributed by atoms with van der Waals surface area (Å²) in [4.78, 5) is 14.6. The molecule has 24 heavy (non-hydrogen) atoms. The fraction of sp³-hybridized carbons (Fsp3) is 0.158. The van der Waals surface area contributed by atoms with Crippen molar-refractivity contribution in [2.45, 2.75) is 13.3 Å². The molecule has 2 aromatic carbocycles. The number of carbonyl (C=O) groups excluding carboxylic acids is 1. The summed E-state index contributed by atoms with van der Waals surface area (Å²) in [6, 6.07) is 15.2. The molecule has 1 aliphatic rings. The molecule has 0 atom stereocenters. The van der Waals surface area contributed by atoms with Crippen LogP contribution in [0.25, 0.3) is 11.3 Å². The first-order valence-electron chi connectivity index (χ1n) is 7.76. The molecule has 1 aliphatic heterocycles. The molecule has 4 rings (SSSR count). The van der Waals surface area contributed by atoms with Crippen molar-refractivity contribution in [2.75, 3.05) is 11.4 Å². The van der Waals surface area contributed by atoms with Crippen molar-refractivity contribution in [3.63, 3.8) is 0 Å². The van der Waals surface area contributed by atoms with Gasteiger partial charge >= 0.3 is 0 Å². The standard InChI is InChI=1S/C19H15ClN2O2/c1-12-5-6-13-7-8-22(17(13)9-12)19(23)18-11-16(21-24-18)14-3-2-4-15(20)10-14/h2-6,9-11H,7-8H2,1H3. The van der Waals surface area contributed by atoms with E-state index in [1.807, 2.05) is 25.1 Å². The Hall–Kier alpha value is -2.59. The molecular formula is C19H15ClN2O2. The van der Waals surface area contributed by atoms with Gasteiger partial charge in [0.15, 0.2) is 0 Å². The van der Waals surface area contributed by atoms with Gasteiger partial charge in [0.1, 0.15) is 5.69 Å². The van der Waals surface area contributed by atoms with E-state index in [0.29, 0.717) is 17.3 Å². The normalized spacial score (nSPS) is 13.2. The number of anilines is 1. The number of rotatable bonds is 2. The van der Waals surface area contributed by atoms with Crippen LogP contribution in [-0.2, 0) is 6.42 Å². The Bertz CT molecular complexity index is 933. The highest BCUT2D eigenvalue weighted by Crippen LogP contribution is 2.31. The minimum Gasteiger partial charge on any atom is -0.350 e. The molecule has 0 unspecified atom stereocenters. The fourth-order valence-corrected chi connectivity index (χ4v) is 3.18. The molecule has 5 heteroatoms. The zero-order valence-corrected chi connectivity index (χ0v) is 13.9. The minimum atomic E-state index is -0.167. The van der Waals surface area contributed by atoms with Gasteiger partial charge < -0.3 is 9.42 Å². The van der Waals surface area contributed by atoms with Gasteiger partial charge in [-0.2, -0.15) is 0 Å². The van der Waals surface area contributed by atoms with Gasteiger partial charge in [-0.1, -0.05) is 41.0 Å². The quantitative estimate of drug-likeness (QED) is 0.690. The minimum absolute atomic E-state index is 0.167. The first-order valence-corrected chi connectivity index (χ1v) is 8.14. The maximum absolute atomic E-state index is 12.8. The summed E-state index contributed by atoms with van der Waals surface area (Å²) < 4.78 is 5.29. The van der Waals surface area contributed by atoms with E-state index in [-0.39, 0.29) is 11.7 Å². The van der Waals surface area contributed by atoms with Gasteiger partial charge in [-0.25, -0.2) is 0 Å². The Kier molecular flexibility index (Phi) is 3.62. The SMILES string of the molecule is Cc1ccc2c(c1)N(C(=O)c1cc(-c3cccc(Cl)c3)no1)CC2. The molecular weight excluding hydrogens is 324 g/mol. The van der Waals surface area contributed by atoms with Crippen LogP contribution in [0.3, 0.4) is 0 Å². The molecule has 0 radical (unpaired) electrons. The first kappa shape index (κ1) is 15.0. The highest BCUT2D eigenvalue weighted by atomic mass is 35.5. The van der Waals surface area contributed by atoms with Crippen LogP contribution in [0.15, 0.2) is 53.1 Å². The number of fused-ring (bicyclic) bond motifs is 1. The lowest BCUT2D eigenvalue weighted by atomic mass is 10.1. The van der Waals surface area contributed by atoms with E-state index in [9.17, 15) is 4.79 Å². The lowest BCUT2D eigenvalue weighted by molar-refractivity contribution is 0.0954. The number of aryl methyl sites for hydroxylation is 1. The molecule has 3 aromatic rings. The summed E-state index contributed by atoms with van der Waals surface area (Å²) >= 11 is 6.01. The summed E-state index contributed by atoms with van der Waals surface area (Å²) in [6.45, 7) is 2.68. The molecule has 0 N–H and O–H groups in total. The van der Waals surface area contributed by atoms with Crippen molar-refractivity contribution in [1.29, 1.82) is 0 Å². The van der Waals surface area contributed by atoms with Gasteiger partial charge in [-0.15, -0.1) is 0 Å². The highest BCUT2D eigenvalue weighted by molar-refractivity contribution is 6.30. The third-order valence-electron chi connectivity index (χ3n) is 4.22. The van der Waals surface area contributed by atoms with Crippen molar-refractivity contribution >= 4 is 23.2 Å². The van der Waals surface area contributed by atoms with Crippen LogP contribution in [0, 0.1) is 6.92 Å². The van der Waals surface area contributed by atoms with Crippen LogP contribution in [0.1, 0.15) is 21.7 Å². The third kappa shape index (κ3) is 2.59. The van der Waals surface area contributed by atoms with Gasteiger partial charge in [0, 0.05) is 28.9 Å². The molecule has 4 nitrogen and oxygen atoms in total. The summed E-state index contributed by atoms with van der Waals surface area (Å²) in [5, 5.41) is 4.63. The maximum Gasteiger partial charge on any atom is 0.296 e. The second-order valence-electron chi connectivity index (χ2n) is 5.93. The molecule has 120 valence electrons. The van der Waals surface area contributed by atoms with Crippen molar-refractivity contribution in [3.05, 3.63) is 70.4 Å². The van der Waals surface area contributed by atoms with E-state index in [0.717, 1.165) is 23.2 Å². The van der Waals surface area contributed by atoms with E-state index in [1.165, 1.54) is 5.56 Å². The van der Waals surface area contributed by atoms with Crippen molar-refractivity contribution in [3.8, 4) is 11.3 Å². The second kappa shape index (κ2) is 5.80. The molecule has 0 fully saturated rings. The van der Waals surface area contributed by atoms with Crippen molar-refractivity contribution in [1.82, 2.24) is 5.16 Å². The van der Waals surface area contributed by atoms with Gasteiger partial charge in [-0.05, 0) is 42.7 Å². The summed E-state index contributed by atoms with van der Waals surface area (Å²) in [6.07, 6.45) is 0.858. The number of carbonyl (C=O) groups is 1. The van der Waals surface area contributed by atoms with Crippen LogP contribution in [0.2, 0.25) is 5.02 Å². The highest BCUT2D eigenvalue weighted by Gasteiger charge is 2.28. The molecule has 0 bridgehead atoms. The Morgan fingerprint density at radius 1 is 1.21 bits per heavy atom. The first-order chi connectivity index (χ1) is 11.6. The van der Waals surface area contributed by atoms with E-state index < -0.39 is 0 Å². The van der Waals surface area contributed by atoms with Crippen LogP contribution in [-0.4, -0.2) is 17.6 Å². The summed E-state index contributed by atoms with van der Waals surface area (Å²) in [7, 11) is 0. The Morgan fingerprint density at radius 2 is 2.08 bits per heavy atom. The summed E-state index contributed by atoms with van der Waals surface area (Å²) in [5.74, 6) is 0.0689. The summed E-state index contributed by atoms with van der Waals surface area (Å²) in [5.41, 5.74) is 4.70. The van der Waals surface area contributed by atoms with Crippen LogP contribution in [0.4, 0.5) is 5.69 Å². The molecule has 0 saturated carbocycles. The van der Waals surface area contributed by atoms with Crippen LogP contribution < -0.4 is 4.90 Å². The lowest BCUT2D eigenvalue weighted by Crippen LogP contribution is -2.28. The third-order valence-corrected chi connectivity index (χ3v) is 4.46. The topological polar surface area (TPSA) is 46.3 Å². The van der Waals surface area contributed by atoms with Gasteiger partial charge in [0.2, 0.25) is 5.76 Å². The number of halogens is 1. The van der Waals surface area contributed by atoms with Gasteiger partial charge in [-0.3, -0.25) is 4.79 Å². The number of nitrogens with zero attached hydrogens (tertiary/aromatic N) is 2. The van der Waals surface area contributed by atoms with Crippen molar-refractivity contribution < 1.29 is 9.32 Å². The number of hydrogen-bond acceptors (Lipinski definition) is 3.